The van der Waals surface area contributed by atoms with E-state index in [1.54, 1.807) is 30.6 Å². The van der Waals surface area contributed by atoms with Crippen molar-refractivity contribution in [3.8, 4) is 11.8 Å². The number of rotatable bonds is 8. The monoisotopic (exact) mass is 378 g/mol. The van der Waals surface area contributed by atoms with Crippen molar-refractivity contribution in [3.05, 3.63) is 77.4 Å². The van der Waals surface area contributed by atoms with E-state index in [-0.39, 0.29) is 5.82 Å². The molecule has 1 rings (SSSR count). The zero-order valence-corrected chi connectivity index (χ0v) is 17.7. The Labute approximate surface area is 169 Å². The maximum atomic E-state index is 13.2. The SMILES string of the molecule is C=CC=N/C=C(/C#CC(/C=C(/C)N(C)c1ccc(F)cc1)=C(C)CC)CCC. The van der Waals surface area contributed by atoms with Gasteiger partial charge in [0.2, 0.25) is 0 Å². The molecule has 0 radical (unpaired) electrons. The molecule has 1 aromatic carbocycles. The lowest BCUT2D eigenvalue weighted by Crippen LogP contribution is -2.14. The third-order valence-electron chi connectivity index (χ3n) is 4.39. The Kier molecular flexibility index (Phi) is 10.4. The summed E-state index contributed by atoms with van der Waals surface area (Å²) in [6.07, 6.45) is 10.0. The molecule has 0 saturated heterocycles. The van der Waals surface area contributed by atoms with Crippen molar-refractivity contribution >= 4 is 11.9 Å². The van der Waals surface area contributed by atoms with Gasteiger partial charge >= 0.3 is 0 Å². The van der Waals surface area contributed by atoms with Gasteiger partial charge in [-0.25, -0.2) is 4.39 Å². The summed E-state index contributed by atoms with van der Waals surface area (Å²) in [5.41, 5.74) is 5.20. The summed E-state index contributed by atoms with van der Waals surface area (Å²) >= 11 is 0. The fourth-order valence-corrected chi connectivity index (χ4v) is 2.40. The van der Waals surface area contributed by atoms with Crippen molar-refractivity contribution in [3.63, 3.8) is 0 Å². The highest BCUT2D eigenvalue weighted by atomic mass is 19.1. The third kappa shape index (κ3) is 7.80. The highest BCUT2D eigenvalue weighted by molar-refractivity contribution is 5.70. The van der Waals surface area contributed by atoms with Gasteiger partial charge in [0.05, 0.1) is 0 Å². The Bertz CT molecular complexity index is 828. The molecule has 0 saturated carbocycles. The zero-order chi connectivity index (χ0) is 20.9. The third-order valence-corrected chi connectivity index (χ3v) is 4.39. The first-order valence-electron chi connectivity index (χ1n) is 9.65. The molecule has 28 heavy (non-hydrogen) atoms. The highest BCUT2D eigenvalue weighted by Crippen LogP contribution is 2.20. The van der Waals surface area contributed by atoms with Crippen LogP contribution in [0.15, 0.2) is 76.6 Å². The molecule has 0 aliphatic heterocycles. The predicted molar refractivity (Wildman–Crippen MR) is 121 cm³/mol. The molecule has 0 aromatic heterocycles. The second-order valence-electron chi connectivity index (χ2n) is 6.56. The van der Waals surface area contributed by atoms with Gasteiger partial charge < -0.3 is 4.90 Å². The molecule has 0 unspecified atom stereocenters. The first-order valence-corrected chi connectivity index (χ1v) is 9.65. The van der Waals surface area contributed by atoms with Crippen LogP contribution in [0.2, 0.25) is 0 Å². The normalized spacial score (nSPS) is 13.1. The quantitative estimate of drug-likeness (QED) is 0.275. The van der Waals surface area contributed by atoms with Crippen LogP contribution in [-0.2, 0) is 0 Å². The topological polar surface area (TPSA) is 15.6 Å². The number of aliphatic imine (C=N–C) groups is 1. The Hall–Kier alpha value is -2.86. The minimum Gasteiger partial charge on any atom is -0.348 e. The van der Waals surface area contributed by atoms with Crippen LogP contribution in [-0.4, -0.2) is 13.3 Å². The lowest BCUT2D eigenvalue weighted by Gasteiger charge is -2.20. The van der Waals surface area contributed by atoms with Gasteiger partial charge in [-0.3, -0.25) is 4.99 Å². The zero-order valence-electron chi connectivity index (χ0n) is 17.7. The van der Waals surface area contributed by atoms with Crippen LogP contribution in [0.5, 0.6) is 0 Å². The van der Waals surface area contributed by atoms with E-state index in [1.807, 2.05) is 18.9 Å². The van der Waals surface area contributed by atoms with Crippen LogP contribution in [0.3, 0.4) is 0 Å². The molecular formula is C25H31FN2. The molecule has 1 aromatic rings. The Morgan fingerprint density at radius 3 is 2.43 bits per heavy atom. The van der Waals surface area contributed by atoms with Gasteiger partial charge in [0.25, 0.3) is 0 Å². The van der Waals surface area contributed by atoms with E-state index in [0.29, 0.717) is 0 Å². The van der Waals surface area contributed by atoms with Crippen LogP contribution in [0, 0.1) is 17.7 Å². The number of hydrogen-bond acceptors (Lipinski definition) is 2. The predicted octanol–water partition coefficient (Wildman–Crippen LogP) is 6.84. The second kappa shape index (κ2) is 12.5. The van der Waals surface area contributed by atoms with Crippen LogP contribution in [0.25, 0.3) is 0 Å². The molecular weight excluding hydrogens is 347 g/mol. The van der Waals surface area contributed by atoms with Gasteiger partial charge in [0.15, 0.2) is 0 Å². The lowest BCUT2D eigenvalue weighted by atomic mass is 10.0. The largest absolute Gasteiger partial charge is 0.348 e. The van der Waals surface area contributed by atoms with Gasteiger partial charge in [0.1, 0.15) is 5.82 Å². The maximum absolute atomic E-state index is 13.2. The summed E-state index contributed by atoms with van der Waals surface area (Å²) in [6.45, 7) is 12.0. The summed E-state index contributed by atoms with van der Waals surface area (Å²) in [5, 5.41) is 0. The molecule has 0 amide bonds. The number of halogens is 1. The van der Waals surface area contributed by atoms with Crippen LogP contribution in [0.1, 0.15) is 47.0 Å². The Morgan fingerprint density at radius 1 is 1.18 bits per heavy atom. The summed E-state index contributed by atoms with van der Waals surface area (Å²) in [5.74, 6) is 6.37. The molecule has 0 spiro atoms. The number of benzene rings is 1. The number of allylic oxidation sites excluding steroid dienone is 6. The molecule has 0 fully saturated rings. The van der Waals surface area contributed by atoms with Crippen molar-refractivity contribution in [2.45, 2.75) is 47.0 Å². The summed E-state index contributed by atoms with van der Waals surface area (Å²) in [7, 11) is 1.97. The van der Waals surface area contributed by atoms with Crippen LogP contribution in [0.4, 0.5) is 10.1 Å². The van der Waals surface area contributed by atoms with Crippen molar-refractivity contribution < 1.29 is 4.39 Å². The second-order valence-corrected chi connectivity index (χ2v) is 6.56. The first-order chi connectivity index (χ1) is 13.4. The first kappa shape index (κ1) is 23.2. The lowest BCUT2D eigenvalue weighted by molar-refractivity contribution is 0.628. The highest BCUT2D eigenvalue weighted by Gasteiger charge is 2.05. The van der Waals surface area contributed by atoms with Crippen molar-refractivity contribution in [1.82, 2.24) is 0 Å². The fraction of sp³-hybridized carbons (Fsp3) is 0.320. The van der Waals surface area contributed by atoms with E-state index in [2.05, 4.69) is 50.3 Å². The van der Waals surface area contributed by atoms with Gasteiger partial charge in [-0.15, -0.1) is 0 Å². The molecule has 0 N–H and O–H groups in total. The van der Waals surface area contributed by atoms with Crippen molar-refractivity contribution in [1.29, 1.82) is 0 Å². The number of nitrogens with zero attached hydrogens (tertiary/aromatic N) is 2. The average Bonchev–Trinajstić information content (AvgIpc) is 2.70. The average molecular weight is 379 g/mol. The van der Waals surface area contributed by atoms with Crippen LogP contribution < -0.4 is 4.90 Å². The van der Waals surface area contributed by atoms with Crippen LogP contribution >= 0.6 is 0 Å². The van der Waals surface area contributed by atoms with Gasteiger partial charge in [-0.1, -0.05) is 50.3 Å². The molecule has 0 bridgehead atoms. The molecule has 2 nitrogen and oxygen atoms in total. The molecule has 0 aliphatic rings. The number of hydrogen-bond donors (Lipinski definition) is 0. The standard InChI is InChI=1S/C25H31FN2/c1-7-10-22(19-27-17-8-2)11-12-23(20(4)9-3)18-21(5)28(6)25-15-13-24(26)14-16-25/h8,13-19H,2,7,9-10H2,1,3-6H3/b21-18-,22-19+,23-20?,27-17?. The minimum absolute atomic E-state index is 0.235. The minimum atomic E-state index is -0.235. The summed E-state index contributed by atoms with van der Waals surface area (Å²) in [6, 6.07) is 6.49. The number of anilines is 1. The Morgan fingerprint density at radius 2 is 1.86 bits per heavy atom. The molecule has 0 atom stereocenters. The van der Waals surface area contributed by atoms with E-state index in [1.165, 1.54) is 17.7 Å². The summed E-state index contributed by atoms with van der Waals surface area (Å²) < 4.78 is 13.2. The molecule has 3 heteroatoms. The van der Waals surface area contributed by atoms with Gasteiger partial charge in [-0.05, 0) is 57.0 Å². The molecule has 148 valence electrons. The smallest absolute Gasteiger partial charge is 0.123 e. The van der Waals surface area contributed by atoms with Gasteiger partial charge in [0, 0.05) is 42.0 Å². The molecule has 0 aliphatic carbocycles. The van der Waals surface area contributed by atoms with E-state index in [0.717, 1.165) is 41.8 Å². The van der Waals surface area contributed by atoms with E-state index in [9.17, 15) is 4.39 Å². The fourth-order valence-electron chi connectivity index (χ4n) is 2.40. The molecule has 0 heterocycles. The van der Waals surface area contributed by atoms with E-state index < -0.39 is 0 Å². The Balaban J connectivity index is 3.20. The van der Waals surface area contributed by atoms with Gasteiger partial charge in [-0.2, -0.15) is 0 Å². The van der Waals surface area contributed by atoms with E-state index >= 15 is 0 Å². The van der Waals surface area contributed by atoms with Crippen molar-refractivity contribution in [2.75, 3.05) is 11.9 Å². The summed E-state index contributed by atoms with van der Waals surface area (Å²) in [4.78, 5) is 6.24. The van der Waals surface area contributed by atoms with Crippen molar-refractivity contribution in [2.24, 2.45) is 4.99 Å². The van der Waals surface area contributed by atoms with E-state index in [4.69, 9.17) is 0 Å². The maximum Gasteiger partial charge on any atom is 0.123 e.